The number of carbonyl (C=O) groups is 2. The summed E-state index contributed by atoms with van der Waals surface area (Å²) in [5, 5.41) is 15.5. The molecule has 8 nitrogen and oxygen atoms in total. The average Bonchev–Trinajstić information content (AvgIpc) is 2.88. The molecule has 0 bridgehead atoms. The lowest BCUT2D eigenvalue weighted by molar-refractivity contribution is -0.118. The lowest BCUT2D eigenvalue weighted by atomic mass is 10.1. The van der Waals surface area contributed by atoms with Crippen molar-refractivity contribution in [1.29, 1.82) is 5.26 Å². The van der Waals surface area contributed by atoms with Crippen LogP contribution < -0.4 is 24.8 Å². The summed E-state index contributed by atoms with van der Waals surface area (Å²) in [5.74, 6) is 0.359. The molecule has 37 heavy (non-hydrogen) atoms. The number of rotatable bonds is 10. The number of hydrogen-bond acceptors (Lipinski definition) is 6. The van der Waals surface area contributed by atoms with Gasteiger partial charge in [-0.05, 0) is 95.2 Å². The van der Waals surface area contributed by atoms with Gasteiger partial charge >= 0.3 is 0 Å². The summed E-state index contributed by atoms with van der Waals surface area (Å²) in [6, 6.07) is 18.6. The van der Waals surface area contributed by atoms with Gasteiger partial charge in [-0.1, -0.05) is 11.6 Å². The second-order valence-corrected chi connectivity index (χ2v) is 8.75. The van der Waals surface area contributed by atoms with Crippen LogP contribution in [-0.4, -0.2) is 32.1 Å². The molecule has 0 aromatic heterocycles. The van der Waals surface area contributed by atoms with Crippen LogP contribution in [0.1, 0.15) is 12.5 Å². The maximum Gasteiger partial charge on any atom is 0.266 e. The molecule has 0 aliphatic heterocycles. The van der Waals surface area contributed by atoms with Crippen LogP contribution in [0.25, 0.3) is 6.08 Å². The zero-order valence-electron chi connectivity index (χ0n) is 20.0. The summed E-state index contributed by atoms with van der Waals surface area (Å²) < 4.78 is 17.0. The van der Waals surface area contributed by atoms with Crippen LogP contribution in [0, 0.1) is 11.3 Å². The van der Waals surface area contributed by atoms with E-state index in [9.17, 15) is 14.9 Å². The standard InChI is InChI=1S/C27H23BrClN3O5/c1-3-36-24-14-17(12-18(15-30)27(34)32-21-8-10-22(35-2)11-9-21)13-23(28)26(24)37-16-25(33)31-20-6-4-19(29)5-7-20/h4-14H,3,16H2,1-2H3,(H,31,33)(H,32,34)/b18-12+. The van der Waals surface area contributed by atoms with Gasteiger partial charge in [-0.25, -0.2) is 0 Å². The van der Waals surface area contributed by atoms with E-state index >= 15 is 0 Å². The maximum absolute atomic E-state index is 12.7. The van der Waals surface area contributed by atoms with E-state index in [0.717, 1.165) is 0 Å². The number of anilines is 2. The molecule has 10 heteroatoms. The fraction of sp³-hybridized carbons (Fsp3) is 0.148. The van der Waals surface area contributed by atoms with Crippen molar-refractivity contribution in [3.8, 4) is 23.3 Å². The van der Waals surface area contributed by atoms with Crippen LogP contribution in [0.4, 0.5) is 11.4 Å². The van der Waals surface area contributed by atoms with E-state index in [1.54, 1.807) is 74.7 Å². The minimum Gasteiger partial charge on any atom is -0.497 e. The number of benzene rings is 3. The number of nitrogens with zero attached hydrogens (tertiary/aromatic N) is 1. The van der Waals surface area contributed by atoms with Crippen molar-refractivity contribution in [2.45, 2.75) is 6.92 Å². The highest BCUT2D eigenvalue weighted by Gasteiger charge is 2.16. The smallest absolute Gasteiger partial charge is 0.266 e. The molecule has 2 N–H and O–H groups in total. The fourth-order valence-electron chi connectivity index (χ4n) is 3.13. The summed E-state index contributed by atoms with van der Waals surface area (Å²) >= 11 is 9.30. The van der Waals surface area contributed by atoms with E-state index in [1.807, 2.05) is 6.07 Å². The quantitative estimate of drug-likeness (QED) is 0.221. The van der Waals surface area contributed by atoms with Crippen LogP contribution in [0.5, 0.6) is 17.2 Å². The van der Waals surface area contributed by atoms with Crippen molar-refractivity contribution in [1.82, 2.24) is 0 Å². The molecule has 2 amide bonds. The van der Waals surface area contributed by atoms with Crippen LogP contribution in [-0.2, 0) is 9.59 Å². The van der Waals surface area contributed by atoms with Gasteiger partial charge in [-0.3, -0.25) is 9.59 Å². The molecule has 0 fully saturated rings. The van der Waals surface area contributed by atoms with Crippen molar-refractivity contribution in [3.05, 3.63) is 81.3 Å². The Hall–Kier alpha value is -4.00. The topological polar surface area (TPSA) is 110 Å². The lowest BCUT2D eigenvalue weighted by Gasteiger charge is -2.15. The van der Waals surface area contributed by atoms with E-state index in [-0.39, 0.29) is 18.1 Å². The highest BCUT2D eigenvalue weighted by atomic mass is 79.9. The number of halogens is 2. The number of methoxy groups -OCH3 is 1. The van der Waals surface area contributed by atoms with E-state index in [4.69, 9.17) is 25.8 Å². The average molecular weight is 585 g/mol. The summed E-state index contributed by atoms with van der Waals surface area (Å²) in [6.07, 6.45) is 1.43. The monoisotopic (exact) mass is 583 g/mol. The summed E-state index contributed by atoms with van der Waals surface area (Å²) in [7, 11) is 1.55. The highest BCUT2D eigenvalue weighted by Crippen LogP contribution is 2.37. The third-order valence-electron chi connectivity index (χ3n) is 4.83. The van der Waals surface area contributed by atoms with E-state index in [2.05, 4.69) is 26.6 Å². The van der Waals surface area contributed by atoms with Crippen LogP contribution in [0.2, 0.25) is 5.02 Å². The summed E-state index contributed by atoms with van der Waals surface area (Å²) in [6.45, 7) is 1.86. The lowest BCUT2D eigenvalue weighted by Crippen LogP contribution is -2.20. The number of hydrogen-bond donors (Lipinski definition) is 2. The molecule has 0 aliphatic carbocycles. The van der Waals surface area contributed by atoms with Gasteiger partial charge in [-0.15, -0.1) is 0 Å². The Labute approximate surface area is 227 Å². The van der Waals surface area contributed by atoms with Gasteiger partial charge in [0.1, 0.15) is 17.4 Å². The third kappa shape index (κ3) is 8.00. The molecule has 190 valence electrons. The van der Waals surface area contributed by atoms with Crippen molar-refractivity contribution in [3.63, 3.8) is 0 Å². The molecular formula is C27H23BrClN3O5. The first-order valence-corrected chi connectivity index (χ1v) is 12.2. The largest absolute Gasteiger partial charge is 0.497 e. The van der Waals surface area contributed by atoms with Gasteiger partial charge in [0.25, 0.3) is 11.8 Å². The first-order chi connectivity index (χ1) is 17.8. The van der Waals surface area contributed by atoms with Crippen LogP contribution >= 0.6 is 27.5 Å². The SMILES string of the molecule is CCOc1cc(/C=C(\C#N)C(=O)Nc2ccc(OC)cc2)cc(Br)c1OCC(=O)Nc1ccc(Cl)cc1. The van der Waals surface area contributed by atoms with Crippen molar-refractivity contribution < 1.29 is 23.8 Å². The molecule has 0 radical (unpaired) electrons. The zero-order chi connectivity index (χ0) is 26.8. The Morgan fingerprint density at radius 2 is 1.68 bits per heavy atom. The van der Waals surface area contributed by atoms with Gasteiger partial charge < -0.3 is 24.8 Å². The molecule has 0 atom stereocenters. The van der Waals surface area contributed by atoms with Crippen molar-refractivity contribution >= 4 is 56.8 Å². The minimum absolute atomic E-state index is 0.110. The number of carbonyl (C=O) groups excluding carboxylic acids is 2. The Bertz CT molecular complexity index is 1340. The molecule has 0 saturated heterocycles. The maximum atomic E-state index is 12.7. The second kappa shape index (κ2) is 13.3. The molecular weight excluding hydrogens is 562 g/mol. The third-order valence-corrected chi connectivity index (χ3v) is 5.67. The zero-order valence-corrected chi connectivity index (χ0v) is 22.4. The van der Waals surface area contributed by atoms with Gasteiger partial charge in [0.2, 0.25) is 0 Å². The van der Waals surface area contributed by atoms with Crippen molar-refractivity contribution in [2.24, 2.45) is 0 Å². The Balaban J connectivity index is 1.75. The van der Waals surface area contributed by atoms with Gasteiger partial charge in [0, 0.05) is 16.4 Å². The molecule has 0 spiro atoms. The van der Waals surface area contributed by atoms with Crippen LogP contribution in [0.15, 0.2) is 70.7 Å². The minimum atomic E-state index is -0.569. The highest BCUT2D eigenvalue weighted by molar-refractivity contribution is 9.10. The predicted octanol–water partition coefficient (Wildman–Crippen LogP) is 6.07. The van der Waals surface area contributed by atoms with E-state index < -0.39 is 5.91 Å². The van der Waals surface area contributed by atoms with Gasteiger partial charge in [0.05, 0.1) is 18.2 Å². The summed E-state index contributed by atoms with van der Waals surface area (Å²) in [5.41, 5.74) is 1.51. The summed E-state index contributed by atoms with van der Waals surface area (Å²) in [4.78, 5) is 25.0. The molecule has 3 aromatic rings. The Morgan fingerprint density at radius 1 is 1.03 bits per heavy atom. The molecule has 0 aliphatic rings. The molecule has 0 heterocycles. The predicted molar refractivity (Wildman–Crippen MR) is 146 cm³/mol. The van der Waals surface area contributed by atoms with Gasteiger partial charge in [-0.2, -0.15) is 5.26 Å². The first kappa shape index (κ1) is 27.6. The van der Waals surface area contributed by atoms with E-state index in [1.165, 1.54) is 6.08 Å². The number of nitrogens with one attached hydrogen (secondary N) is 2. The fourth-order valence-corrected chi connectivity index (χ4v) is 3.83. The van der Waals surface area contributed by atoms with Gasteiger partial charge in [0.15, 0.2) is 18.1 Å². The Kier molecular flexibility index (Phi) is 9.95. The number of amides is 2. The van der Waals surface area contributed by atoms with Crippen LogP contribution in [0.3, 0.4) is 0 Å². The molecule has 0 unspecified atom stereocenters. The normalized spacial score (nSPS) is 10.7. The number of ether oxygens (including phenoxy) is 3. The van der Waals surface area contributed by atoms with Crippen molar-refractivity contribution in [2.75, 3.05) is 31.0 Å². The Morgan fingerprint density at radius 3 is 2.30 bits per heavy atom. The first-order valence-electron chi connectivity index (χ1n) is 11.0. The second-order valence-electron chi connectivity index (χ2n) is 7.46. The molecule has 3 aromatic carbocycles. The van der Waals surface area contributed by atoms with E-state index in [0.29, 0.717) is 50.3 Å². The molecule has 0 saturated carbocycles. The number of nitriles is 1. The molecule has 3 rings (SSSR count).